The zero-order valence-electron chi connectivity index (χ0n) is 9.01. The first-order chi connectivity index (χ1) is 7.99. The summed E-state index contributed by atoms with van der Waals surface area (Å²) in [5.74, 6) is -1.21. The number of rotatable bonds is 2. The average molecular weight is 318 g/mol. The SMILES string of the molecule is Cc1cc(C(N)c2ccc(F)cc2F)sc1Br. The van der Waals surface area contributed by atoms with Crippen molar-refractivity contribution < 1.29 is 8.78 Å². The molecule has 0 amide bonds. The second-order valence-electron chi connectivity index (χ2n) is 3.75. The van der Waals surface area contributed by atoms with Crippen LogP contribution in [0, 0.1) is 18.6 Å². The lowest BCUT2D eigenvalue weighted by Crippen LogP contribution is -2.12. The molecule has 2 aromatic rings. The van der Waals surface area contributed by atoms with Crippen LogP contribution >= 0.6 is 27.3 Å². The fourth-order valence-electron chi connectivity index (χ4n) is 1.54. The van der Waals surface area contributed by atoms with Gasteiger partial charge in [-0.3, -0.25) is 0 Å². The van der Waals surface area contributed by atoms with Gasteiger partial charge in [-0.2, -0.15) is 0 Å². The van der Waals surface area contributed by atoms with Gasteiger partial charge in [-0.25, -0.2) is 8.78 Å². The maximum Gasteiger partial charge on any atom is 0.131 e. The summed E-state index contributed by atoms with van der Waals surface area (Å²) in [6, 6.07) is 4.80. The maximum atomic E-state index is 13.6. The molecule has 1 aromatic heterocycles. The number of hydrogen-bond donors (Lipinski definition) is 1. The van der Waals surface area contributed by atoms with Crippen LogP contribution in [-0.4, -0.2) is 0 Å². The molecule has 90 valence electrons. The zero-order chi connectivity index (χ0) is 12.6. The molecule has 0 spiro atoms. The monoisotopic (exact) mass is 317 g/mol. The van der Waals surface area contributed by atoms with Crippen molar-refractivity contribution in [2.75, 3.05) is 0 Å². The summed E-state index contributed by atoms with van der Waals surface area (Å²) < 4.78 is 27.3. The third-order valence-corrected chi connectivity index (χ3v) is 4.70. The summed E-state index contributed by atoms with van der Waals surface area (Å²) in [5.41, 5.74) is 7.34. The number of nitrogens with two attached hydrogens (primary N) is 1. The van der Waals surface area contributed by atoms with Gasteiger partial charge >= 0.3 is 0 Å². The predicted octanol–water partition coefficient (Wildman–Crippen LogP) is 4.15. The molecule has 0 aliphatic rings. The van der Waals surface area contributed by atoms with Crippen LogP contribution < -0.4 is 5.73 Å². The van der Waals surface area contributed by atoms with Crippen LogP contribution in [0.25, 0.3) is 0 Å². The van der Waals surface area contributed by atoms with Crippen LogP contribution in [0.4, 0.5) is 8.78 Å². The third-order valence-electron chi connectivity index (χ3n) is 2.48. The van der Waals surface area contributed by atoms with Gasteiger partial charge in [0.25, 0.3) is 0 Å². The van der Waals surface area contributed by atoms with Gasteiger partial charge < -0.3 is 5.73 Å². The van der Waals surface area contributed by atoms with Crippen LogP contribution in [0.1, 0.15) is 22.0 Å². The first kappa shape index (κ1) is 12.7. The van der Waals surface area contributed by atoms with Crippen molar-refractivity contribution in [1.82, 2.24) is 0 Å². The highest BCUT2D eigenvalue weighted by Crippen LogP contribution is 2.33. The van der Waals surface area contributed by atoms with Gasteiger partial charge in [-0.05, 0) is 40.5 Å². The Kier molecular flexibility index (Phi) is 3.61. The molecule has 1 aromatic carbocycles. The first-order valence-corrected chi connectivity index (χ1v) is 6.56. The Bertz CT molecular complexity index is 534. The quantitative estimate of drug-likeness (QED) is 0.884. The van der Waals surface area contributed by atoms with E-state index in [1.807, 2.05) is 13.0 Å². The van der Waals surface area contributed by atoms with Crippen LogP contribution in [0.15, 0.2) is 28.1 Å². The summed E-state index contributed by atoms with van der Waals surface area (Å²) in [7, 11) is 0. The fourth-order valence-corrected chi connectivity index (χ4v) is 3.14. The smallest absolute Gasteiger partial charge is 0.131 e. The first-order valence-electron chi connectivity index (χ1n) is 4.95. The molecule has 1 nitrogen and oxygen atoms in total. The average Bonchev–Trinajstić information content (AvgIpc) is 2.58. The van der Waals surface area contributed by atoms with E-state index in [1.54, 1.807) is 0 Å². The lowest BCUT2D eigenvalue weighted by Gasteiger charge is -2.10. The minimum atomic E-state index is -0.611. The summed E-state index contributed by atoms with van der Waals surface area (Å²) in [6.45, 7) is 1.94. The van der Waals surface area contributed by atoms with E-state index in [2.05, 4.69) is 15.9 Å². The lowest BCUT2D eigenvalue weighted by atomic mass is 10.1. The van der Waals surface area contributed by atoms with Crippen molar-refractivity contribution in [3.63, 3.8) is 0 Å². The molecule has 1 heterocycles. The summed E-state index contributed by atoms with van der Waals surface area (Å²) >= 11 is 4.86. The van der Waals surface area contributed by atoms with Crippen molar-refractivity contribution in [1.29, 1.82) is 0 Å². The molecule has 0 aliphatic heterocycles. The number of aryl methyl sites for hydroxylation is 1. The molecule has 17 heavy (non-hydrogen) atoms. The molecular formula is C12H10BrF2NS. The Morgan fingerprint density at radius 1 is 1.29 bits per heavy atom. The molecule has 0 aliphatic carbocycles. The van der Waals surface area contributed by atoms with Gasteiger partial charge in [-0.15, -0.1) is 11.3 Å². The molecule has 0 bridgehead atoms. The Balaban J connectivity index is 2.39. The highest BCUT2D eigenvalue weighted by atomic mass is 79.9. The standard InChI is InChI=1S/C12H10BrF2NS/c1-6-4-10(17-12(6)13)11(16)8-3-2-7(14)5-9(8)15/h2-5,11H,16H2,1H3. The summed E-state index contributed by atoms with van der Waals surface area (Å²) in [4.78, 5) is 0.847. The van der Waals surface area contributed by atoms with E-state index < -0.39 is 17.7 Å². The number of thiophene rings is 1. The molecule has 5 heteroatoms. The van der Waals surface area contributed by atoms with Gasteiger partial charge in [-0.1, -0.05) is 6.07 Å². The topological polar surface area (TPSA) is 26.0 Å². The largest absolute Gasteiger partial charge is 0.320 e. The Morgan fingerprint density at radius 2 is 2.00 bits per heavy atom. The van der Waals surface area contributed by atoms with Crippen molar-refractivity contribution in [2.45, 2.75) is 13.0 Å². The Morgan fingerprint density at radius 3 is 2.53 bits per heavy atom. The van der Waals surface area contributed by atoms with Crippen molar-refractivity contribution >= 4 is 27.3 Å². The van der Waals surface area contributed by atoms with Crippen molar-refractivity contribution in [3.8, 4) is 0 Å². The van der Waals surface area contributed by atoms with Gasteiger partial charge in [0.1, 0.15) is 11.6 Å². The molecule has 0 radical (unpaired) electrons. The van der Waals surface area contributed by atoms with Crippen LogP contribution in [0.5, 0.6) is 0 Å². The lowest BCUT2D eigenvalue weighted by molar-refractivity contribution is 0.566. The Labute approximate surface area is 110 Å². The fraction of sp³-hybridized carbons (Fsp3) is 0.167. The van der Waals surface area contributed by atoms with Gasteiger partial charge in [0, 0.05) is 16.5 Å². The molecule has 1 atom stereocenters. The van der Waals surface area contributed by atoms with Crippen LogP contribution in [-0.2, 0) is 0 Å². The molecule has 0 saturated carbocycles. The minimum Gasteiger partial charge on any atom is -0.320 e. The molecule has 0 fully saturated rings. The molecule has 0 saturated heterocycles. The molecule has 2 N–H and O–H groups in total. The highest BCUT2D eigenvalue weighted by molar-refractivity contribution is 9.11. The summed E-state index contributed by atoms with van der Waals surface area (Å²) in [5, 5.41) is 0. The predicted molar refractivity (Wildman–Crippen MR) is 69.1 cm³/mol. The van der Waals surface area contributed by atoms with E-state index in [0.29, 0.717) is 5.56 Å². The maximum absolute atomic E-state index is 13.6. The van der Waals surface area contributed by atoms with Gasteiger partial charge in [0.05, 0.1) is 9.83 Å². The minimum absolute atomic E-state index is 0.306. The van der Waals surface area contributed by atoms with Crippen molar-refractivity contribution in [2.24, 2.45) is 5.73 Å². The van der Waals surface area contributed by atoms with E-state index in [1.165, 1.54) is 23.5 Å². The van der Waals surface area contributed by atoms with E-state index in [9.17, 15) is 8.78 Å². The molecule has 2 rings (SSSR count). The van der Waals surface area contributed by atoms with Gasteiger partial charge in [0.15, 0.2) is 0 Å². The van der Waals surface area contributed by atoms with E-state index in [0.717, 1.165) is 20.3 Å². The third kappa shape index (κ3) is 2.56. The Hall–Kier alpha value is -0.780. The van der Waals surface area contributed by atoms with Crippen LogP contribution in [0.2, 0.25) is 0 Å². The molecular weight excluding hydrogens is 308 g/mol. The second-order valence-corrected chi connectivity index (χ2v) is 6.15. The zero-order valence-corrected chi connectivity index (χ0v) is 11.4. The number of benzene rings is 1. The summed E-state index contributed by atoms with van der Waals surface area (Å²) in [6.07, 6.45) is 0. The normalized spacial score (nSPS) is 12.8. The van der Waals surface area contributed by atoms with Gasteiger partial charge in [0.2, 0.25) is 0 Å². The van der Waals surface area contributed by atoms with Crippen LogP contribution in [0.3, 0.4) is 0 Å². The highest BCUT2D eigenvalue weighted by Gasteiger charge is 2.17. The van der Waals surface area contributed by atoms with E-state index in [-0.39, 0.29) is 0 Å². The van der Waals surface area contributed by atoms with E-state index >= 15 is 0 Å². The van der Waals surface area contributed by atoms with E-state index in [4.69, 9.17) is 5.73 Å². The molecule has 1 unspecified atom stereocenters. The number of hydrogen-bond acceptors (Lipinski definition) is 2. The number of halogens is 3. The van der Waals surface area contributed by atoms with Crippen molar-refractivity contribution in [3.05, 3.63) is 55.7 Å². The second kappa shape index (κ2) is 4.84.